The molecule has 0 aliphatic heterocycles. The first-order valence-electron chi connectivity index (χ1n) is 5.66. The summed E-state index contributed by atoms with van der Waals surface area (Å²) in [5.74, 6) is -0.153. The summed E-state index contributed by atoms with van der Waals surface area (Å²) in [6.07, 6.45) is 4.55. The Hall–Kier alpha value is -0.890. The van der Waals surface area contributed by atoms with Crippen molar-refractivity contribution in [2.24, 2.45) is 5.73 Å². The van der Waals surface area contributed by atoms with Crippen LogP contribution in [0.2, 0.25) is 0 Å². The molecule has 0 aromatic heterocycles. The number of rotatable bonds is 5. The summed E-state index contributed by atoms with van der Waals surface area (Å²) in [5, 5.41) is 0. The summed E-state index contributed by atoms with van der Waals surface area (Å²) in [7, 11) is 0. The maximum Gasteiger partial charge on any atom is 0.126 e. The van der Waals surface area contributed by atoms with Gasteiger partial charge in [0.25, 0.3) is 0 Å². The molecule has 1 rings (SSSR count). The van der Waals surface area contributed by atoms with E-state index in [1.807, 2.05) is 6.07 Å². The zero-order chi connectivity index (χ0) is 11.3. The van der Waals surface area contributed by atoms with E-state index in [1.165, 1.54) is 18.9 Å². The Balaban J connectivity index is 2.57. The van der Waals surface area contributed by atoms with Gasteiger partial charge >= 0.3 is 0 Å². The largest absolute Gasteiger partial charge is 0.324 e. The van der Waals surface area contributed by atoms with Gasteiger partial charge in [0.15, 0.2) is 0 Å². The van der Waals surface area contributed by atoms with Gasteiger partial charge in [0, 0.05) is 6.04 Å². The van der Waals surface area contributed by atoms with Gasteiger partial charge < -0.3 is 5.73 Å². The molecule has 0 aliphatic rings. The van der Waals surface area contributed by atoms with Gasteiger partial charge in [0.05, 0.1) is 0 Å². The molecule has 1 atom stereocenters. The second-order valence-electron chi connectivity index (χ2n) is 4.11. The van der Waals surface area contributed by atoms with E-state index in [0.29, 0.717) is 5.56 Å². The van der Waals surface area contributed by atoms with Crippen molar-refractivity contribution in [1.82, 2.24) is 0 Å². The highest BCUT2D eigenvalue weighted by Gasteiger charge is 2.07. The molecular formula is C13H20FN. The van der Waals surface area contributed by atoms with Crippen molar-refractivity contribution in [2.75, 3.05) is 0 Å². The molecule has 1 unspecified atom stereocenters. The molecule has 0 saturated heterocycles. The molecule has 0 amide bonds. The summed E-state index contributed by atoms with van der Waals surface area (Å²) in [6, 6.07) is 5.20. The third-order valence-corrected chi connectivity index (χ3v) is 2.73. The normalized spacial score (nSPS) is 12.8. The van der Waals surface area contributed by atoms with Crippen molar-refractivity contribution in [3.05, 3.63) is 35.1 Å². The second-order valence-corrected chi connectivity index (χ2v) is 4.11. The van der Waals surface area contributed by atoms with Crippen molar-refractivity contribution in [3.63, 3.8) is 0 Å². The van der Waals surface area contributed by atoms with E-state index in [2.05, 4.69) is 6.92 Å². The fourth-order valence-corrected chi connectivity index (χ4v) is 1.68. The number of halogens is 1. The van der Waals surface area contributed by atoms with Crippen molar-refractivity contribution < 1.29 is 4.39 Å². The first-order chi connectivity index (χ1) is 7.15. The van der Waals surface area contributed by atoms with Crippen LogP contribution in [0.15, 0.2) is 18.2 Å². The number of aryl methyl sites for hydroxylation is 1. The molecule has 0 heterocycles. The highest BCUT2D eigenvalue weighted by atomic mass is 19.1. The van der Waals surface area contributed by atoms with E-state index in [-0.39, 0.29) is 11.9 Å². The van der Waals surface area contributed by atoms with Crippen LogP contribution >= 0.6 is 0 Å². The molecule has 0 saturated carbocycles. The van der Waals surface area contributed by atoms with Crippen LogP contribution in [0.4, 0.5) is 4.39 Å². The average Bonchev–Trinajstić information content (AvgIpc) is 2.22. The Morgan fingerprint density at radius 2 is 2.07 bits per heavy atom. The molecule has 1 nitrogen and oxygen atoms in total. The monoisotopic (exact) mass is 209 g/mol. The van der Waals surface area contributed by atoms with E-state index in [4.69, 9.17) is 5.73 Å². The standard InChI is InChI=1S/C13H20FN/c1-3-4-5-6-13(15)11-7-8-12(14)10(2)9-11/h7-9,13H,3-6,15H2,1-2H3. The number of hydrogen-bond acceptors (Lipinski definition) is 1. The second kappa shape index (κ2) is 5.86. The molecule has 1 aromatic rings. The molecule has 0 spiro atoms. The fourth-order valence-electron chi connectivity index (χ4n) is 1.68. The number of benzene rings is 1. The summed E-state index contributed by atoms with van der Waals surface area (Å²) >= 11 is 0. The first kappa shape index (κ1) is 12.2. The summed E-state index contributed by atoms with van der Waals surface area (Å²) in [5.41, 5.74) is 7.76. The molecule has 0 fully saturated rings. The number of nitrogens with two attached hydrogens (primary N) is 1. The Kier molecular flexibility index (Phi) is 4.76. The van der Waals surface area contributed by atoms with Gasteiger partial charge in [0.1, 0.15) is 5.82 Å². The predicted octanol–water partition coefficient (Wildman–Crippen LogP) is 3.71. The molecular weight excluding hydrogens is 189 g/mol. The van der Waals surface area contributed by atoms with Crippen LogP contribution in [0.3, 0.4) is 0 Å². The molecule has 1 aromatic carbocycles. The maximum atomic E-state index is 13.0. The number of unbranched alkanes of at least 4 members (excludes halogenated alkanes) is 2. The van der Waals surface area contributed by atoms with Crippen LogP contribution in [0.1, 0.15) is 49.8 Å². The fraction of sp³-hybridized carbons (Fsp3) is 0.538. The zero-order valence-corrected chi connectivity index (χ0v) is 9.59. The lowest BCUT2D eigenvalue weighted by molar-refractivity contribution is 0.576. The molecule has 0 bridgehead atoms. The van der Waals surface area contributed by atoms with Gasteiger partial charge in [0.2, 0.25) is 0 Å². The Morgan fingerprint density at radius 1 is 1.33 bits per heavy atom. The lowest BCUT2D eigenvalue weighted by atomic mass is 10.00. The van der Waals surface area contributed by atoms with E-state index >= 15 is 0 Å². The Morgan fingerprint density at radius 3 is 2.67 bits per heavy atom. The topological polar surface area (TPSA) is 26.0 Å². The first-order valence-corrected chi connectivity index (χ1v) is 5.66. The molecule has 0 radical (unpaired) electrons. The van der Waals surface area contributed by atoms with Crippen LogP contribution in [0.5, 0.6) is 0 Å². The molecule has 15 heavy (non-hydrogen) atoms. The predicted molar refractivity (Wildman–Crippen MR) is 62.2 cm³/mol. The van der Waals surface area contributed by atoms with Crippen molar-refractivity contribution in [1.29, 1.82) is 0 Å². The minimum Gasteiger partial charge on any atom is -0.324 e. The smallest absolute Gasteiger partial charge is 0.126 e. The summed E-state index contributed by atoms with van der Waals surface area (Å²) in [6.45, 7) is 3.95. The van der Waals surface area contributed by atoms with Gasteiger partial charge in [-0.05, 0) is 30.5 Å². The van der Waals surface area contributed by atoms with Crippen molar-refractivity contribution >= 4 is 0 Å². The van der Waals surface area contributed by atoms with Crippen LogP contribution in [0.25, 0.3) is 0 Å². The quantitative estimate of drug-likeness (QED) is 0.735. The lowest BCUT2D eigenvalue weighted by Gasteiger charge is -2.12. The highest BCUT2D eigenvalue weighted by Crippen LogP contribution is 2.19. The third-order valence-electron chi connectivity index (χ3n) is 2.73. The molecule has 84 valence electrons. The SMILES string of the molecule is CCCCCC(N)c1ccc(F)c(C)c1. The van der Waals surface area contributed by atoms with Gasteiger partial charge in [-0.3, -0.25) is 0 Å². The van der Waals surface area contributed by atoms with Crippen molar-refractivity contribution in [2.45, 2.75) is 45.6 Å². The van der Waals surface area contributed by atoms with E-state index < -0.39 is 0 Å². The maximum absolute atomic E-state index is 13.0. The molecule has 2 N–H and O–H groups in total. The van der Waals surface area contributed by atoms with Crippen LogP contribution < -0.4 is 5.73 Å². The van der Waals surface area contributed by atoms with E-state index in [0.717, 1.165) is 18.4 Å². The van der Waals surface area contributed by atoms with Crippen LogP contribution in [-0.4, -0.2) is 0 Å². The van der Waals surface area contributed by atoms with E-state index in [1.54, 1.807) is 13.0 Å². The van der Waals surface area contributed by atoms with Gasteiger partial charge in [-0.15, -0.1) is 0 Å². The average molecular weight is 209 g/mol. The minimum absolute atomic E-state index is 0.0517. The van der Waals surface area contributed by atoms with Gasteiger partial charge in [-0.1, -0.05) is 38.3 Å². The lowest BCUT2D eigenvalue weighted by Crippen LogP contribution is -2.10. The summed E-state index contributed by atoms with van der Waals surface area (Å²) < 4.78 is 13.0. The third kappa shape index (κ3) is 3.63. The van der Waals surface area contributed by atoms with E-state index in [9.17, 15) is 4.39 Å². The van der Waals surface area contributed by atoms with Gasteiger partial charge in [-0.25, -0.2) is 4.39 Å². The van der Waals surface area contributed by atoms with Crippen molar-refractivity contribution in [3.8, 4) is 0 Å². The Bertz CT molecular complexity index is 309. The van der Waals surface area contributed by atoms with Crippen LogP contribution in [0, 0.1) is 12.7 Å². The Labute approximate surface area is 91.5 Å². The molecule has 2 heteroatoms. The highest BCUT2D eigenvalue weighted by molar-refractivity contribution is 5.26. The minimum atomic E-state index is -0.153. The van der Waals surface area contributed by atoms with Gasteiger partial charge in [-0.2, -0.15) is 0 Å². The summed E-state index contributed by atoms with van der Waals surface area (Å²) in [4.78, 5) is 0. The van der Waals surface area contributed by atoms with Crippen LogP contribution in [-0.2, 0) is 0 Å². The number of hydrogen-bond donors (Lipinski definition) is 1. The molecule has 0 aliphatic carbocycles. The zero-order valence-electron chi connectivity index (χ0n) is 9.59.